The minimum Gasteiger partial charge on any atom is -0.383 e. The van der Waals surface area contributed by atoms with Crippen LogP contribution in [-0.2, 0) is 9.47 Å². The van der Waals surface area contributed by atoms with Crippen LogP contribution >= 0.6 is 0 Å². The number of ether oxygens (including phenoxy) is 2. The van der Waals surface area contributed by atoms with Crippen LogP contribution in [0.5, 0.6) is 0 Å². The average molecular weight is 203 g/mol. The fraction of sp³-hybridized carbons (Fsp3) is 1.00. The maximum absolute atomic E-state index is 5.86. The number of rotatable bonds is 8. The van der Waals surface area contributed by atoms with Crippen molar-refractivity contribution < 1.29 is 9.47 Å². The molecule has 0 spiro atoms. The lowest BCUT2D eigenvalue weighted by atomic mass is 10.1. The highest BCUT2D eigenvalue weighted by Gasteiger charge is 2.18. The van der Waals surface area contributed by atoms with Crippen LogP contribution in [0, 0.1) is 0 Å². The number of nitrogens with one attached hydrogen (secondary N) is 1. The van der Waals surface area contributed by atoms with Crippen LogP contribution in [0.3, 0.4) is 0 Å². The Morgan fingerprint density at radius 2 is 2.00 bits per heavy atom. The predicted molar refractivity (Wildman–Crippen MR) is 59.7 cm³/mol. The zero-order valence-electron chi connectivity index (χ0n) is 10.2. The molecule has 0 aromatic rings. The second kappa shape index (κ2) is 7.21. The summed E-state index contributed by atoms with van der Waals surface area (Å²) >= 11 is 0. The molecular weight excluding hydrogens is 178 g/mol. The topological polar surface area (TPSA) is 30.5 Å². The van der Waals surface area contributed by atoms with Crippen molar-refractivity contribution >= 4 is 0 Å². The first-order valence-electron chi connectivity index (χ1n) is 5.39. The van der Waals surface area contributed by atoms with Gasteiger partial charge in [-0.05, 0) is 27.2 Å². The summed E-state index contributed by atoms with van der Waals surface area (Å²) < 4.78 is 10.8. The monoisotopic (exact) mass is 203 g/mol. The van der Waals surface area contributed by atoms with E-state index in [2.05, 4.69) is 33.0 Å². The second-order valence-corrected chi connectivity index (χ2v) is 4.24. The lowest BCUT2D eigenvalue weighted by molar-refractivity contribution is -0.0642. The van der Waals surface area contributed by atoms with E-state index < -0.39 is 0 Å². The van der Waals surface area contributed by atoms with Gasteiger partial charge in [0, 0.05) is 20.2 Å². The summed E-state index contributed by atoms with van der Waals surface area (Å²) in [5.74, 6) is 0. The molecule has 0 bridgehead atoms. The van der Waals surface area contributed by atoms with Gasteiger partial charge in [0.05, 0.1) is 18.3 Å². The van der Waals surface area contributed by atoms with Crippen LogP contribution in [0.15, 0.2) is 0 Å². The van der Waals surface area contributed by atoms with Crippen LogP contribution in [0.25, 0.3) is 0 Å². The highest BCUT2D eigenvalue weighted by Crippen LogP contribution is 2.15. The molecule has 0 radical (unpaired) electrons. The maximum atomic E-state index is 5.86. The van der Waals surface area contributed by atoms with Gasteiger partial charge in [-0.1, -0.05) is 6.92 Å². The van der Waals surface area contributed by atoms with Crippen LogP contribution in [0.2, 0.25) is 0 Å². The highest BCUT2D eigenvalue weighted by atomic mass is 16.5. The highest BCUT2D eigenvalue weighted by molar-refractivity contribution is 4.68. The number of methoxy groups -OCH3 is 1. The van der Waals surface area contributed by atoms with Crippen molar-refractivity contribution in [2.45, 2.75) is 45.8 Å². The normalized spacial score (nSPS) is 14.4. The van der Waals surface area contributed by atoms with E-state index in [1.165, 1.54) is 0 Å². The number of hydrogen-bond acceptors (Lipinski definition) is 3. The Morgan fingerprint density at radius 3 is 2.50 bits per heavy atom. The van der Waals surface area contributed by atoms with Crippen molar-refractivity contribution in [3.8, 4) is 0 Å². The zero-order chi connectivity index (χ0) is 11.0. The summed E-state index contributed by atoms with van der Waals surface area (Å²) in [6, 6.07) is 0. The molecular formula is C11H25NO2. The van der Waals surface area contributed by atoms with Gasteiger partial charge in [0.25, 0.3) is 0 Å². The predicted octanol–water partition coefficient (Wildman–Crippen LogP) is 1.82. The molecule has 1 atom stereocenters. The number of hydrogen-bond donors (Lipinski definition) is 1. The second-order valence-electron chi connectivity index (χ2n) is 4.24. The SMILES string of the molecule is CCC(C)(C)OC(C)CNCCOC. The molecule has 0 heterocycles. The summed E-state index contributed by atoms with van der Waals surface area (Å²) in [7, 11) is 1.71. The van der Waals surface area contributed by atoms with Crippen LogP contribution in [0.4, 0.5) is 0 Å². The standard InChI is InChI=1S/C11H25NO2/c1-6-11(3,4)14-10(2)9-12-7-8-13-5/h10,12H,6-9H2,1-5H3. The molecule has 0 aromatic heterocycles. The summed E-state index contributed by atoms with van der Waals surface area (Å²) in [6.07, 6.45) is 1.29. The molecule has 86 valence electrons. The van der Waals surface area contributed by atoms with Gasteiger partial charge in [-0.2, -0.15) is 0 Å². The molecule has 0 amide bonds. The first-order chi connectivity index (χ1) is 6.52. The van der Waals surface area contributed by atoms with Crippen LogP contribution in [0.1, 0.15) is 34.1 Å². The molecule has 0 saturated carbocycles. The maximum Gasteiger partial charge on any atom is 0.0678 e. The van der Waals surface area contributed by atoms with Gasteiger partial charge >= 0.3 is 0 Å². The summed E-state index contributed by atoms with van der Waals surface area (Å²) in [6.45, 7) is 11.0. The molecule has 0 rings (SSSR count). The van der Waals surface area contributed by atoms with E-state index in [1.807, 2.05) is 0 Å². The molecule has 0 aliphatic rings. The van der Waals surface area contributed by atoms with E-state index in [4.69, 9.17) is 9.47 Å². The van der Waals surface area contributed by atoms with E-state index >= 15 is 0 Å². The Labute approximate surface area is 88.2 Å². The minimum atomic E-state index is -0.0116. The van der Waals surface area contributed by atoms with Crippen molar-refractivity contribution in [2.75, 3.05) is 26.8 Å². The third kappa shape index (κ3) is 7.30. The Balaban J connectivity index is 3.49. The quantitative estimate of drug-likeness (QED) is 0.610. The third-order valence-electron chi connectivity index (χ3n) is 2.29. The van der Waals surface area contributed by atoms with E-state index in [-0.39, 0.29) is 11.7 Å². The Kier molecular flexibility index (Phi) is 7.15. The molecule has 0 fully saturated rings. The van der Waals surface area contributed by atoms with Gasteiger partial charge in [0.2, 0.25) is 0 Å². The van der Waals surface area contributed by atoms with Crippen molar-refractivity contribution in [2.24, 2.45) is 0 Å². The molecule has 1 N–H and O–H groups in total. The van der Waals surface area contributed by atoms with Crippen molar-refractivity contribution in [1.29, 1.82) is 0 Å². The fourth-order valence-corrected chi connectivity index (χ4v) is 1.15. The summed E-state index contributed by atoms with van der Waals surface area (Å²) in [5, 5.41) is 3.28. The molecule has 1 unspecified atom stereocenters. The lowest BCUT2D eigenvalue weighted by Gasteiger charge is -2.28. The first-order valence-corrected chi connectivity index (χ1v) is 5.39. The minimum absolute atomic E-state index is 0.0116. The summed E-state index contributed by atoms with van der Waals surface area (Å²) in [4.78, 5) is 0. The Bertz CT molecular complexity index is 137. The first kappa shape index (κ1) is 13.9. The largest absolute Gasteiger partial charge is 0.383 e. The van der Waals surface area contributed by atoms with E-state index in [0.717, 1.165) is 26.1 Å². The molecule has 14 heavy (non-hydrogen) atoms. The lowest BCUT2D eigenvalue weighted by Crippen LogP contribution is -2.35. The van der Waals surface area contributed by atoms with Crippen molar-refractivity contribution in [3.05, 3.63) is 0 Å². The zero-order valence-corrected chi connectivity index (χ0v) is 10.2. The van der Waals surface area contributed by atoms with Crippen molar-refractivity contribution in [1.82, 2.24) is 5.32 Å². The van der Waals surface area contributed by atoms with Crippen LogP contribution in [-0.4, -0.2) is 38.5 Å². The summed E-state index contributed by atoms with van der Waals surface area (Å²) in [5.41, 5.74) is -0.0116. The molecule has 3 nitrogen and oxygen atoms in total. The molecule has 0 aromatic carbocycles. The van der Waals surface area contributed by atoms with E-state index in [1.54, 1.807) is 7.11 Å². The smallest absolute Gasteiger partial charge is 0.0678 e. The van der Waals surface area contributed by atoms with Gasteiger partial charge in [-0.15, -0.1) is 0 Å². The fourth-order valence-electron chi connectivity index (χ4n) is 1.15. The third-order valence-corrected chi connectivity index (χ3v) is 2.29. The Morgan fingerprint density at radius 1 is 1.36 bits per heavy atom. The van der Waals surface area contributed by atoms with Gasteiger partial charge < -0.3 is 14.8 Å². The Hall–Kier alpha value is -0.120. The van der Waals surface area contributed by atoms with Gasteiger partial charge in [0.15, 0.2) is 0 Å². The van der Waals surface area contributed by atoms with E-state index in [0.29, 0.717) is 0 Å². The van der Waals surface area contributed by atoms with Crippen molar-refractivity contribution in [3.63, 3.8) is 0 Å². The van der Waals surface area contributed by atoms with E-state index in [9.17, 15) is 0 Å². The average Bonchev–Trinajstić information content (AvgIpc) is 2.12. The molecule has 0 saturated heterocycles. The van der Waals surface area contributed by atoms with Gasteiger partial charge in [0.1, 0.15) is 0 Å². The molecule has 0 aliphatic carbocycles. The molecule has 0 aliphatic heterocycles. The van der Waals surface area contributed by atoms with Gasteiger partial charge in [-0.25, -0.2) is 0 Å². The van der Waals surface area contributed by atoms with Gasteiger partial charge in [-0.3, -0.25) is 0 Å². The van der Waals surface area contributed by atoms with Crippen LogP contribution < -0.4 is 5.32 Å². The molecule has 3 heteroatoms.